The number of sulfonamides is 1. The van der Waals surface area contributed by atoms with Gasteiger partial charge in [-0.1, -0.05) is 6.07 Å². The molecule has 2 rings (SSSR count). The van der Waals surface area contributed by atoms with E-state index in [4.69, 9.17) is 0 Å². The summed E-state index contributed by atoms with van der Waals surface area (Å²) in [5.74, 6) is -2.78. The van der Waals surface area contributed by atoms with E-state index in [0.717, 1.165) is 36.6 Å². The maximum atomic E-state index is 13.8. The van der Waals surface area contributed by atoms with Crippen LogP contribution in [0.1, 0.15) is 11.6 Å². The van der Waals surface area contributed by atoms with Crippen LogP contribution in [0, 0.1) is 11.6 Å². The minimum absolute atomic E-state index is 0.0572. The number of carbonyl (C=O) groups excluding carboxylic acids is 1. The van der Waals surface area contributed by atoms with E-state index in [1.807, 2.05) is 4.72 Å². The Labute approximate surface area is 129 Å². The predicted molar refractivity (Wildman–Crippen MR) is 75.8 cm³/mol. The highest BCUT2D eigenvalue weighted by molar-refractivity contribution is 7.91. The summed E-state index contributed by atoms with van der Waals surface area (Å²) in [6.45, 7) is 0. The molecular formula is C13H11F2NO4S2. The summed E-state index contributed by atoms with van der Waals surface area (Å²) in [5.41, 5.74) is -0.452. The van der Waals surface area contributed by atoms with Gasteiger partial charge in [0.25, 0.3) is 10.0 Å². The second-order valence-corrected chi connectivity index (χ2v) is 7.06. The summed E-state index contributed by atoms with van der Waals surface area (Å²) >= 11 is 0.923. The van der Waals surface area contributed by atoms with Crippen molar-refractivity contribution in [2.45, 2.75) is 10.3 Å². The van der Waals surface area contributed by atoms with Crippen LogP contribution in [0.3, 0.4) is 0 Å². The molecule has 0 radical (unpaired) electrons. The molecule has 1 atom stereocenters. The van der Waals surface area contributed by atoms with E-state index < -0.39 is 39.2 Å². The van der Waals surface area contributed by atoms with Crippen LogP contribution in [0.15, 0.2) is 39.9 Å². The quantitative estimate of drug-likeness (QED) is 0.842. The Kier molecular flexibility index (Phi) is 4.89. The molecule has 0 aliphatic rings. The van der Waals surface area contributed by atoms with Crippen LogP contribution in [0.5, 0.6) is 0 Å². The minimum Gasteiger partial charge on any atom is -0.468 e. The molecule has 9 heteroatoms. The number of thiophene rings is 1. The summed E-state index contributed by atoms with van der Waals surface area (Å²) in [6.07, 6.45) is 0. The van der Waals surface area contributed by atoms with Gasteiger partial charge in [-0.15, -0.1) is 11.3 Å². The molecule has 118 valence electrons. The third-order valence-electron chi connectivity index (χ3n) is 2.74. The zero-order valence-electron chi connectivity index (χ0n) is 11.2. The number of ether oxygens (including phenoxy) is 1. The lowest BCUT2D eigenvalue weighted by Crippen LogP contribution is -2.34. The van der Waals surface area contributed by atoms with Crippen LogP contribution >= 0.6 is 11.3 Å². The monoisotopic (exact) mass is 347 g/mol. The Morgan fingerprint density at radius 1 is 1.32 bits per heavy atom. The van der Waals surface area contributed by atoms with Crippen molar-refractivity contribution in [3.63, 3.8) is 0 Å². The topological polar surface area (TPSA) is 72.5 Å². The second-order valence-electron chi connectivity index (χ2n) is 4.18. The first-order chi connectivity index (χ1) is 10.3. The molecule has 1 heterocycles. The zero-order valence-corrected chi connectivity index (χ0v) is 12.9. The number of hydrogen-bond donors (Lipinski definition) is 1. The van der Waals surface area contributed by atoms with Gasteiger partial charge < -0.3 is 4.74 Å². The first kappa shape index (κ1) is 16.5. The lowest BCUT2D eigenvalue weighted by molar-refractivity contribution is -0.142. The Hall–Kier alpha value is -1.84. The highest BCUT2D eigenvalue weighted by Gasteiger charge is 2.31. The van der Waals surface area contributed by atoms with Gasteiger partial charge >= 0.3 is 5.97 Å². The van der Waals surface area contributed by atoms with Gasteiger partial charge in [-0.25, -0.2) is 22.0 Å². The van der Waals surface area contributed by atoms with E-state index >= 15 is 0 Å². The van der Waals surface area contributed by atoms with Gasteiger partial charge in [0.05, 0.1) is 7.11 Å². The number of hydrogen-bond acceptors (Lipinski definition) is 5. The van der Waals surface area contributed by atoms with Gasteiger partial charge in [0, 0.05) is 5.56 Å². The van der Waals surface area contributed by atoms with E-state index in [1.54, 1.807) is 0 Å². The molecule has 0 bridgehead atoms. The molecule has 5 nitrogen and oxygen atoms in total. The van der Waals surface area contributed by atoms with E-state index in [9.17, 15) is 22.0 Å². The molecule has 22 heavy (non-hydrogen) atoms. The molecular weight excluding hydrogens is 336 g/mol. The van der Waals surface area contributed by atoms with Gasteiger partial charge in [0.15, 0.2) is 0 Å². The summed E-state index contributed by atoms with van der Waals surface area (Å²) in [7, 11) is -3.05. The average Bonchev–Trinajstić information content (AvgIpc) is 3.02. The van der Waals surface area contributed by atoms with Crippen molar-refractivity contribution >= 4 is 27.3 Å². The lowest BCUT2D eigenvalue weighted by Gasteiger charge is -2.17. The third kappa shape index (κ3) is 3.49. The number of esters is 1. The molecule has 0 unspecified atom stereocenters. The van der Waals surface area contributed by atoms with Crippen molar-refractivity contribution in [2.75, 3.05) is 7.11 Å². The fraction of sp³-hybridized carbons (Fsp3) is 0.154. The van der Waals surface area contributed by atoms with Gasteiger partial charge in [-0.2, -0.15) is 4.72 Å². The molecule has 1 aromatic carbocycles. The Bertz CT molecular complexity index is 775. The smallest absolute Gasteiger partial charge is 0.328 e. The fourth-order valence-electron chi connectivity index (χ4n) is 1.72. The lowest BCUT2D eigenvalue weighted by atomic mass is 10.1. The highest BCUT2D eigenvalue weighted by Crippen LogP contribution is 2.24. The van der Waals surface area contributed by atoms with Crippen LogP contribution in [0.4, 0.5) is 8.78 Å². The van der Waals surface area contributed by atoms with E-state index in [-0.39, 0.29) is 4.21 Å². The molecule has 1 aromatic heterocycles. The van der Waals surface area contributed by atoms with Gasteiger partial charge in [0.2, 0.25) is 0 Å². The van der Waals surface area contributed by atoms with Crippen molar-refractivity contribution in [1.82, 2.24) is 4.72 Å². The average molecular weight is 347 g/mol. The standard InChI is InChI=1S/C13H11F2NO4S2/c1-20-13(17)12(9-7-8(14)4-5-10(9)15)16-22(18,19)11-3-2-6-21-11/h2-7,12,16H,1H3/t12-/m0/s1. The predicted octanol–water partition coefficient (Wildman–Crippen LogP) is 2.22. The molecule has 0 spiro atoms. The summed E-state index contributed by atoms with van der Waals surface area (Å²) in [4.78, 5) is 11.8. The Balaban J connectivity index is 2.44. The first-order valence-corrected chi connectivity index (χ1v) is 8.30. The number of carbonyl (C=O) groups is 1. The second kappa shape index (κ2) is 6.51. The molecule has 2 aromatic rings. The van der Waals surface area contributed by atoms with Gasteiger partial charge in [-0.3, -0.25) is 0 Å². The number of halogens is 2. The molecule has 0 aliphatic carbocycles. The van der Waals surface area contributed by atoms with E-state index in [2.05, 4.69) is 4.74 Å². The van der Waals surface area contributed by atoms with Crippen LogP contribution < -0.4 is 4.72 Å². The number of methoxy groups -OCH3 is 1. The molecule has 0 amide bonds. The highest BCUT2D eigenvalue weighted by atomic mass is 32.2. The SMILES string of the molecule is COC(=O)[C@@H](NS(=O)(=O)c1cccs1)c1cc(F)ccc1F. The summed E-state index contributed by atoms with van der Waals surface area (Å²) < 4.78 is 57.9. The largest absolute Gasteiger partial charge is 0.468 e. The first-order valence-electron chi connectivity index (χ1n) is 5.94. The van der Waals surface area contributed by atoms with Gasteiger partial charge in [0.1, 0.15) is 21.9 Å². The normalized spacial score (nSPS) is 12.9. The van der Waals surface area contributed by atoms with Crippen molar-refractivity contribution in [3.05, 3.63) is 52.9 Å². The number of benzene rings is 1. The maximum absolute atomic E-state index is 13.8. The van der Waals surface area contributed by atoms with E-state index in [0.29, 0.717) is 0 Å². The van der Waals surface area contributed by atoms with Crippen molar-refractivity contribution in [1.29, 1.82) is 0 Å². The van der Waals surface area contributed by atoms with E-state index in [1.165, 1.54) is 17.5 Å². The minimum atomic E-state index is -4.07. The van der Waals surface area contributed by atoms with Crippen LogP contribution in [-0.4, -0.2) is 21.5 Å². The maximum Gasteiger partial charge on any atom is 0.328 e. The summed E-state index contributed by atoms with van der Waals surface area (Å²) in [6, 6.07) is 3.56. The van der Waals surface area contributed by atoms with Crippen LogP contribution in [-0.2, 0) is 19.6 Å². The molecule has 0 aliphatic heterocycles. The fourth-order valence-corrected chi connectivity index (χ4v) is 3.90. The van der Waals surface area contributed by atoms with Crippen LogP contribution in [0.2, 0.25) is 0 Å². The molecule has 1 N–H and O–H groups in total. The number of nitrogens with one attached hydrogen (secondary N) is 1. The zero-order chi connectivity index (χ0) is 16.3. The van der Waals surface area contributed by atoms with Crippen molar-refractivity contribution in [2.24, 2.45) is 0 Å². The Morgan fingerprint density at radius 3 is 2.64 bits per heavy atom. The molecule has 0 saturated carbocycles. The molecule has 0 fully saturated rings. The van der Waals surface area contributed by atoms with Gasteiger partial charge in [-0.05, 0) is 29.6 Å². The van der Waals surface area contributed by atoms with Crippen molar-refractivity contribution in [3.8, 4) is 0 Å². The Morgan fingerprint density at radius 2 is 2.05 bits per heavy atom. The third-order valence-corrected chi connectivity index (χ3v) is 5.56. The van der Waals surface area contributed by atoms with Crippen molar-refractivity contribution < 1.29 is 26.7 Å². The number of rotatable bonds is 5. The summed E-state index contributed by atoms with van der Waals surface area (Å²) in [5, 5.41) is 1.53. The van der Waals surface area contributed by atoms with Crippen LogP contribution in [0.25, 0.3) is 0 Å². The molecule has 0 saturated heterocycles.